The number of anilines is 2. The molecule has 8 nitrogen and oxygen atoms in total. The molecule has 2 bridgehead atoms. The minimum absolute atomic E-state index is 0.0555. The highest BCUT2D eigenvalue weighted by Crippen LogP contribution is 2.40. The Labute approximate surface area is 184 Å². The van der Waals surface area contributed by atoms with E-state index in [-0.39, 0.29) is 23.4 Å². The van der Waals surface area contributed by atoms with Crippen LogP contribution in [0, 0.1) is 18.8 Å². The van der Waals surface area contributed by atoms with Gasteiger partial charge in [0.1, 0.15) is 0 Å². The number of fused-ring (bicyclic) bond motifs is 3. The molecule has 0 aromatic carbocycles. The Hall–Kier alpha value is -3.12. The smallest absolute Gasteiger partial charge is 0.456 e. The Balaban J connectivity index is 1.30. The molecule has 3 atom stereocenters. The molecule has 0 unspecified atom stereocenters. The largest absolute Gasteiger partial charge is 0.483 e. The minimum Gasteiger partial charge on any atom is -0.483 e. The zero-order valence-corrected chi connectivity index (χ0v) is 17.5. The summed E-state index contributed by atoms with van der Waals surface area (Å²) in [6, 6.07) is 4.72. The monoisotopic (exact) mass is 472 g/mol. The van der Waals surface area contributed by atoms with Crippen LogP contribution in [-0.4, -0.2) is 57.6 Å². The molecular formula is C20H21F5N6O2. The fourth-order valence-corrected chi connectivity index (χ4v) is 4.59. The first-order valence-corrected chi connectivity index (χ1v) is 10.5. The number of rotatable bonds is 6. The van der Waals surface area contributed by atoms with Crippen LogP contribution in [0.1, 0.15) is 18.5 Å². The number of ether oxygens (including phenoxy) is 1. The molecule has 3 aromatic heterocycles. The van der Waals surface area contributed by atoms with Crippen molar-refractivity contribution in [2.24, 2.45) is 11.8 Å². The standard InChI is InChI=1S/C20H21F5N6O2/c1-11-7-15(33-29-11)30-8-12-4-5-13(9-30)16(12)26-18-27-17-14(3-2-6-31(17)28-18)32-10-19(21,22)20(23,24)25/h2-3,6-7,12-13,16H,4-5,8-10H2,1H3,(H,26,28)/t12-,13+,16-. The van der Waals surface area contributed by atoms with Gasteiger partial charge in [0.15, 0.2) is 18.0 Å². The maximum atomic E-state index is 13.3. The van der Waals surface area contributed by atoms with Crippen LogP contribution in [0.15, 0.2) is 28.9 Å². The van der Waals surface area contributed by atoms with Crippen molar-refractivity contribution in [1.82, 2.24) is 19.8 Å². The third kappa shape index (κ3) is 4.04. The number of nitrogens with one attached hydrogen (secondary N) is 1. The zero-order valence-electron chi connectivity index (χ0n) is 17.5. The Bertz CT molecular complexity index is 1130. The van der Waals surface area contributed by atoms with Gasteiger partial charge in [0.25, 0.3) is 0 Å². The second-order valence-electron chi connectivity index (χ2n) is 8.55. The fraction of sp³-hybridized carbons (Fsp3) is 0.550. The number of nitrogens with zero attached hydrogens (tertiary/aromatic N) is 5. The highest BCUT2D eigenvalue weighted by Gasteiger charge is 2.58. The van der Waals surface area contributed by atoms with E-state index >= 15 is 0 Å². The van der Waals surface area contributed by atoms with E-state index in [1.165, 1.54) is 22.8 Å². The predicted molar refractivity (Wildman–Crippen MR) is 107 cm³/mol. The van der Waals surface area contributed by atoms with Crippen molar-refractivity contribution in [2.45, 2.75) is 37.9 Å². The summed E-state index contributed by atoms with van der Waals surface area (Å²) < 4.78 is 75.3. The molecule has 2 aliphatic rings. The quantitative estimate of drug-likeness (QED) is 0.545. The zero-order chi connectivity index (χ0) is 23.4. The number of halogens is 5. The van der Waals surface area contributed by atoms with Crippen molar-refractivity contribution < 1.29 is 31.2 Å². The van der Waals surface area contributed by atoms with Crippen LogP contribution in [0.25, 0.3) is 5.65 Å². The highest BCUT2D eigenvalue weighted by molar-refractivity contribution is 5.56. The number of alkyl halides is 5. The fourth-order valence-electron chi connectivity index (χ4n) is 4.59. The van der Waals surface area contributed by atoms with E-state index < -0.39 is 18.7 Å². The summed E-state index contributed by atoms with van der Waals surface area (Å²) in [5, 5.41) is 11.6. The second-order valence-corrected chi connectivity index (χ2v) is 8.55. The second kappa shape index (κ2) is 7.73. The van der Waals surface area contributed by atoms with Crippen LogP contribution in [0.2, 0.25) is 0 Å². The number of piperidine rings is 1. The Morgan fingerprint density at radius 1 is 1.18 bits per heavy atom. The molecule has 1 aliphatic heterocycles. The molecule has 13 heteroatoms. The Morgan fingerprint density at radius 2 is 1.91 bits per heavy atom. The molecule has 2 fully saturated rings. The lowest BCUT2D eigenvalue weighted by Crippen LogP contribution is -2.48. The summed E-state index contributed by atoms with van der Waals surface area (Å²) in [6.07, 6.45) is -2.15. The van der Waals surface area contributed by atoms with Crippen molar-refractivity contribution in [1.29, 1.82) is 0 Å². The van der Waals surface area contributed by atoms with Crippen LogP contribution in [0.4, 0.5) is 33.8 Å². The first kappa shape index (κ1) is 21.7. The van der Waals surface area contributed by atoms with Crippen LogP contribution in [0.3, 0.4) is 0 Å². The third-order valence-electron chi connectivity index (χ3n) is 6.21. The average Bonchev–Trinajstić information content (AvgIpc) is 3.41. The average molecular weight is 472 g/mol. The van der Waals surface area contributed by atoms with Gasteiger partial charge < -0.3 is 19.5 Å². The maximum absolute atomic E-state index is 13.3. The van der Waals surface area contributed by atoms with Gasteiger partial charge in [0.2, 0.25) is 11.8 Å². The lowest BCUT2D eigenvalue weighted by Gasteiger charge is -2.37. The molecule has 1 aliphatic carbocycles. The lowest BCUT2D eigenvalue weighted by atomic mass is 9.92. The van der Waals surface area contributed by atoms with E-state index in [0.717, 1.165) is 37.5 Å². The van der Waals surface area contributed by atoms with Gasteiger partial charge in [-0.15, -0.1) is 5.10 Å². The number of aryl methyl sites for hydroxylation is 1. The number of hydrogen-bond donors (Lipinski definition) is 1. The predicted octanol–water partition coefficient (Wildman–Crippen LogP) is 3.93. The molecule has 33 heavy (non-hydrogen) atoms. The third-order valence-corrected chi connectivity index (χ3v) is 6.21. The summed E-state index contributed by atoms with van der Waals surface area (Å²) in [4.78, 5) is 6.47. The molecule has 0 radical (unpaired) electrons. The van der Waals surface area contributed by atoms with E-state index in [1.807, 2.05) is 13.0 Å². The molecule has 3 aromatic rings. The maximum Gasteiger partial charge on any atom is 0.456 e. The molecule has 4 heterocycles. The summed E-state index contributed by atoms with van der Waals surface area (Å²) in [5.74, 6) is -3.56. The van der Waals surface area contributed by atoms with Crippen molar-refractivity contribution in [3.05, 3.63) is 30.1 Å². The van der Waals surface area contributed by atoms with Gasteiger partial charge in [-0.1, -0.05) is 5.16 Å². The highest BCUT2D eigenvalue weighted by atomic mass is 19.4. The van der Waals surface area contributed by atoms with Crippen LogP contribution in [0.5, 0.6) is 5.75 Å². The molecule has 5 rings (SSSR count). The summed E-state index contributed by atoms with van der Waals surface area (Å²) in [7, 11) is 0. The first-order valence-electron chi connectivity index (χ1n) is 10.5. The lowest BCUT2D eigenvalue weighted by molar-refractivity contribution is -0.289. The van der Waals surface area contributed by atoms with Crippen molar-refractivity contribution in [3.63, 3.8) is 0 Å². The van der Waals surface area contributed by atoms with E-state index in [4.69, 9.17) is 9.26 Å². The number of pyridine rings is 1. The topological polar surface area (TPSA) is 80.7 Å². The molecule has 1 saturated carbocycles. The Morgan fingerprint density at radius 3 is 2.55 bits per heavy atom. The van der Waals surface area contributed by atoms with Gasteiger partial charge >= 0.3 is 12.1 Å². The van der Waals surface area contributed by atoms with Crippen molar-refractivity contribution in [2.75, 3.05) is 29.9 Å². The first-order chi connectivity index (χ1) is 15.6. The number of hydrogen-bond acceptors (Lipinski definition) is 7. The van der Waals surface area contributed by atoms with Gasteiger partial charge in [-0.25, -0.2) is 4.52 Å². The van der Waals surface area contributed by atoms with Gasteiger partial charge in [-0.2, -0.15) is 26.9 Å². The van der Waals surface area contributed by atoms with E-state index in [1.54, 1.807) is 0 Å². The van der Waals surface area contributed by atoms with Crippen LogP contribution in [-0.2, 0) is 0 Å². The summed E-state index contributed by atoms with van der Waals surface area (Å²) in [6.45, 7) is 1.58. The van der Waals surface area contributed by atoms with E-state index in [2.05, 4.69) is 25.5 Å². The van der Waals surface area contributed by atoms with E-state index in [9.17, 15) is 22.0 Å². The molecule has 0 spiro atoms. The molecule has 178 valence electrons. The van der Waals surface area contributed by atoms with Gasteiger partial charge in [-0.3, -0.25) is 0 Å². The SMILES string of the molecule is Cc1cc(N2C[C@H]3CC[C@@H](C2)[C@@H]3Nc2nc3c(OCC(F)(F)C(F)(F)F)cccn3n2)on1. The molecule has 1 N–H and O–H groups in total. The van der Waals surface area contributed by atoms with Crippen LogP contribution >= 0.6 is 0 Å². The molecule has 1 saturated heterocycles. The molecule has 0 amide bonds. The van der Waals surface area contributed by atoms with Gasteiger partial charge in [0.05, 0.1) is 5.69 Å². The van der Waals surface area contributed by atoms with Crippen molar-refractivity contribution >= 4 is 17.5 Å². The Kier molecular flexibility index (Phi) is 5.09. The van der Waals surface area contributed by atoms with E-state index in [0.29, 0.717) is 11.8 Å². The number of aromatic nitrogens is 4. The van der Waals surface area contributed by atoms with Crippen LogP contribution < -0.4 is 15.0 Å². The summed E-state index contributed by atoms with van der Waals surface area (Å²) in [5.41, 5.74) is 0.873. The van der Waals surface area contributed by atoms with Gasteiger partial charge in [-0.05, 0) is 43.7 Å². The van der Waals surface area contributed by atoms with Crippen molar-refractivity contribution in [3.8, 4) is 5.75 Å². The normalized spacial score (nSPS) is 23.3. The summed E-state index contributed by atoms with van der Waals surface area (Å²) >= 11 is 0. The molecular weight excluding hydrogens is 451 g/mol. The minimum atomic E-state index is -5.70. The van der Waals surface area contributed by atoms with Gasteiger partial charge in [0, 0.05) is 31.4 Å².